The van der Waals surface area contributed by atoms with Crippen molar-refractivity contribution in [2.45, 2.75) is 18.4 Å². The van der Waals surface area contributed by atoms with Gasteiger partial charge in [0.1, 0.15) is 0 Å². The summed E-state index contributed by atoms with van der Waals surface area (Å²) in [5, 5.41) is 17.1. The Hall–Kier alpha value is 0.130. The first kappa shape index (κ1) is 13.7. The van der Waals surface area contributed by atoms with E-state index < -0.39 is 5.54 Å². The second kappa shape index (κ2) is 6.82. The molecule has 0 rings (SSSR count). The Kier molecular flexibility index (Phi) is 8.49. The van der Waals surface area contributed by atoms with Gasteiger partial charge in [-0.3, -0.25) is 0 Å². The predicted octanol–water partition coefficient (Wildman–Crippen LogP) is -1.17. The van der Waals surface area contributed by atoms with Crippen LogP contribution in [0.5, 0.6) is 0 Å². The van der Waals surface area contributed by atoms with Crippen molar-refractivity contribution in [3.63, 3.8) is 0 Å². The molecular weight excluding hydrogens is 168 g/mol. The van der Waals surface area contributed by atoms with Crippen molar-refractivity contribution in [1.82, 2.24) is 0 Å². The van der Waals surface area contributed by atoms with Gasteiger partial charge in [-0.1, -0.05) is 0 Å². The Labute approximate surface area is 73.0 Å². The van der Waals surface area contributed by atoms with Crippen molar-refractivity contribution in [1.29, 1.82) is 0 Å². The number of aliphatic hydroxyl groups excluding tert-OH is 2. The summed E-state index contributed by atoms with van der Waals surface area (Å²) < 4.78 is 0. The molecule has 0 fully saturated rings. The van der Waals surface area contributed by atoms with Crippen LogP contribution >= 0.6 is 12.4 Å². The smallest absolute Gasteiger partial charge is 0.0449 e. The Morgan fingerprint density at radius 3 is 1.64 bits per heavy atom. The number of nitrogens with two attached hydrogens (primary N) is 2. The molecular formula is C6H17ClN2O2. The minimum Gasteiger partial charge on any atom is -0.396 e. The zero-order valence-electron chi connectivity index (χ0n) is 6.49. The average molecular weight is 185 g/mol. The molecule has 4 nitrogen and oxygen atoms in total. The highest BCUT2D eigenvalue weighted by Gasteiger charge is 2.20. The summed E-state index contributed by atoms with van der Waals surface area (Å²) in [7, 11) is 0. The molecule has 0 bridgehead atoms. The first-order chi connectivity index (χ1) is 4.68. The fourth-order valence-electron chi connectivity index (χ4n) is 0.774. The number of hydrogen-bond acceptors (Lipinski definition) is 4. The molecule has 11 heavy (non-hydrogen) atoms. The van der Waals surface area contributed by atoms with Gasteiger partial charge in [0.25, 0.3) is 0 Å². The van der Waals surface area contributed by atoms with Crippen molar-refractivity contribution in [3.8, 4) is 0 Å². The third-order valence-corrected chi connectivity index (χ3v) is 1.63. The molecule has 0 aliphatic carbocycles. The van der Waals surface area contributed by atoms with Gasteiger partial charge in [-0.25, -0.2) is 0 Å². The van der Waals surface area contributed by atoms with Gasteiger partial charge < -0.3 is 21.7 Å². The van der Waals surface area contributed by atoms with Gasteiger partial charge in [0.05, 0.1) is 0 Å². The normalized spacial score (nSPS) is 10.9. The van der Waals surface area contributed by atoms with Crippen molar-refractivity contribution < 1.29 is 10.2 Å². The summed E-state index contributed by atoms with van der Waals surface area (Å²) >= 11 is 0. The lowest BCUT2D eigenvalue weighted by atomic mass is 9.93. The van der Waals surface area contributed by atoms with E-state index >= 15 is 0 Å². The van der Waals surface area contributed by atoms with Crippen LogP contribution in [0.1, 0.15) is 12.8 Å². The van der Waals surface area contributed by atoms with E-state index in [9.17, 15) is 0 Å². The zero-order chi connectivity index (χ0) is 8.04. The molecule has 0 heterocycles. The molecule has 0 aromatic carbocycles. The quantitative estimate of drug-likeness (QED) is 0.433. The molecule has 6 N–H and O–H groups in total. The summed E-state index contributed by atoms with van der Waals surface area (Å²) in [5.41, 5.74) is 10.4. The molecule has 0 radical (unpaired) electrons. The standard InChI is InChI=1S/C6H16N2O2.ClH/c7-5-6(8,1-3-9)2-4-10;/h9-10H,1-5,7-8H2;1H. The van der Waals surface area contributed by atoms with E-state index in [1.165, 1.54) is 0 Å². The summed E-state index contributed by atoms with van der Waals surface area (Å²) in [6.07, 6.45) is 0.897. The van der Waals surface area contributed by atoms with Crippen LogP contribution in [0.3, 0.4) is 0 Å². The highest BCUT2D eigenvalue weighted by molar-refractivity contribution is 5.85. The minimum absolute atomic E-state index is 0. The van der Waals surface area contributed by atoms with Gasteiger partial charge in [0.15, 0.2) is 0 Å². The van der Waals surface area contributed by atoms with Crippen LogP contribution in [-0.4, -0.2) is 35.5 Å². The van der Waals surface area contributed by atoms with E-state index in [-0.39, 0.29) is 25.6 Å². The van der Waals surface area contributed by atoms with Crippen molar-refractivity contribution in [2.75, 3.05) is 19.8 Å². The summed E-state index contributed by atoms with van der Waals surface area (Å²) in [6, 6.07) is 0. The van der Waals surface area contributed by atoms with E-state index in [0.29, 0.717) is 19.4 Å². The minimum atomic E-state index is -0.580. The lowest BCUT2D eigenvalue weighted by Gasteiger charge is -2.25. The number of aliphatic hydroxyl groups is 2. The molecule has 70 valence electrons. The van der Waals surface area contributed by atoms with Crippen LogP contribution in [0.4, 0.5) is 0 Å². The van der Waals surface area contributed by atoms with Crippen LogP contribution in [-0.2, 0) is 0 Å². The van der Waals surface area contributed by atoms with E-state index in [4.69, 9.17) is 21.7 Å². The lowest BCUT2D eigenvalue weighted by molar-refractivity contribution is 0.196. The van der Waals surface area contributed by atoms with Crippen LogP contribution in [0.15, 0.2) is 0 Å². The van der Waals surface area contributed by atoms with Gasteiger partial charge >= 0.3 is 0 Å². The molecule has 0 aliphatic heterocycles. The van der Waals surface area contributed by atoms with Gasteiger partial charge in [-0.2, -0.15) is 0 Å². The molecule has 0 unspecified atom stereocenters. The SMILES string of the molecule is Cl.NCC(N)(CCO)CCO. The van der Waals surface area contributed by atoms with Crippen LogP contribution < -0.4 is 11.5 Å². The van der Waals surface area contributed by atoms with E-state index in [1.54, 1.807) is 0 Å². The van der Waals surface area contributed by atoms with Crippen LogP contribution in [0.25, 0.3) is 0 Å². The van der Waals surface area contributed by atoms with E-state index in [0.717, 1.165) is 0 Å². The van der Waals surface area contributed by atoms with E-state index in [1.807, 2.05) is 0 Å². The molecule has 0 amide bonds. The third kappa shape index (κ3) is 5.41. The molecule has 0 aromatic heterocycles. The lowest BCUT2D eigenvalue weighted by Crippen LogP contribution is -2.48. The topological polar surface area (TPSA) is 92.5 Å². The van der Waals surface area contributed by atoms with Gasteiger partial charge in [-0.05, 0) is 12.8 Å². The van der Waals surface area contributed by atoms with Crippen LogP contribution in [0.2, 0.25) is 0 Å². The Morgan fingerprint density at radius 2 is 1.45 bits per heavy atom. The summed E-state index contributed by atoms with van der Waals surface area (Å²) in [4.78, 5) is 0. The predicted molar refractivity (Wildman–Crippen MR) is 46.6 cm³/mol. The van der Waals surface area contributed by atoms with Crippen molar-refractivity contribution >= 4 is 12.4 Å². The monoisotopic (exact) mass is 184 g/mol. The number of halogens is 1. The van der Waals surface area contributed by atoms with E-state index in [2.05, 4.69) is 0 Å². The molecule has 0 saturated carbocycles. The fourth-order valence-corrected chi connectivity index (χ4v) is 0.774. The first-order valence-electron chi connectivity index (χ1n) is 3.39. The van der Waals surface area contributed by atoms with Crippen molar-refractivity contribution in [3.05, 3.63) is 0 Å². The zero-order valence-corrected chi connectivity index (χ0v) is 7.31. The maximum absolute atomic E-state index is 8.54. The maximum atomic E-state index is 8.54. The van der Waals surface area contributed by atoms with Gasteiger partial charge in [0, 0.05) is 25.3 Å². The summed E-state index contributed by atoms with van der Waals surface area (Å²) in [6.45, 7) is 0.343. The molecule has 0 saturated heterocycles. The Balaban J connectivity index is 0. The summed E-state index contributed by atoms with van der Waals surface area (Å²) in [5.74, 6) is 0. The Bertz CT molecular complexity index is 86.7. The molecule has 0 aromatic rings. The highest BCUT2D eigenvalue weighted by atomic mass is 35.5. The second-order valence-corrected chi connectivity index (χ2v) is 2.51. The first-order valence-corrected chi connectivity index (χ1v) is 3.39. The highest BCUT2D eigenvalue weighted by Crippen LogP contribution is 2.08. The largest absolute Gasteiger partial charge is 0.396 e. The molecule has 0 aliphatic rings. The van der Waals surface area contributed by atoms with Crippen LogP contribution in [0, 0.1) is 0 Å². The molecule has 0 atom stereocenters. The average Bonchev–Trinajstić information content (AvgIpc) is 1.89. The number of rotatable bonds is 5. The Morgan fingerprint density at radius 1 is 1.09 bits per heavy atom. The van der Waals surface area contributed by atoms with Crippen molar-refractivity contribution in [2.24, 2.45) is 11.5 Å². The third-order valence-electron chi connectivity index (χ3n) is 1.63. The molecule has 5 heteroatoms. The molecule has 0 spiro atoms. The van der Waals surface area contributed by atoms with Gasteiger partial charge in [0.2, 0.25) is 0 Å². The maximum Gasteiger partial charge on any atom is 0.0449 e. The second-order valence-electron chi connectivity index (χ2n) is 2.51. The number of hydrogen-bond donors (Lipinski definition) is 4. The fraction of sp³-hybridized carbons (Fsp3) is 1.00. The van der Waals surface area contributed by atoms with Gasteiger partial charge in [-0.15, -0.1) is 12.4 Å².